The van der Waals surface area contributed by atoms with Crippen molar-refractivity contribution in [1.82, 2.24) is 5.32 Å². The van der Waals surface area contributed by atoms with Crippen molar-refractivity contribution in [3.8, 4) is 0 Å². The number of nitrogens with two attached hydrogens (primary N) is 1. The van der Waals surface area contributed by atoms with Gasteiger partial charge in [-0.25, -0.2) is 0 Å². The quantitative estimate of drug-likeness (QED) is 0.518. The van der Waals surface area contributed by atoms with E-state index in [1.807, 2.05) is 13.8 Å². The first-order valence-electron chi connectivity index (χ1n) is 6.16. The van der Waals surface area contributed by atoms with Crippen molar-refractivity contribution in [2.24, 2.45) is 11.7 Å². The third-order valence-electron chi connectivity index (χ3n) is 2.22. The minimum Gasteiger partial charge on any atom is -0.466 e. The van der Waals surface area contributed by atoms with Crippen LogP contribution in [0.2, 0.25) is 0 Å². The molecule has 1 atom stereocenters. The molecule has 0 aliphatic heterocycles. The second-order valence-electron chi connectivity index (χ2n) is 4.44. The van der Waals surface area contributed by atoms with Crippen LogP contribution in [0, 0.1) is 5.92 Å². The van der Waals surface area contributed by atoms with Gasteiger partial charge in [0.1, 0.15) is 0 Å². The Balaban J connectivity index is 0. The van der Waals surface area contributed by atoms with Gasteiger partial charge < -0.3 is 15.8 Å². The van der Waals surface area contributed by atoms with Crippen LogP contribution in [-0.2, 0) is 14.3 Å². The fraction of sp³-hybridized carbons (Fsp3) is 0.833. The predicted octanol–water partition coefficient (Wildman–Crippen LogP) is 1.24. The van der Waals surface area contributed by atoms with E-state index in [1.54, 1.807) is 6.92 Å². The lowest BCUT2D eigenvalue weighted by Gasteiger charge is -2.13. The molecule has 0 fully saturated rings. The first-order chi connectivity index (χ1) is 7.97. The number of carbonyl (C=O) groups is 2. The van der Waals surface area contributed by atoms with Gasteiger partial charge in [0, 0.05) is 13.0 Å². The lowest BCUT2D eigenvalue weighted by Crippen LogP contribution is -2.41. The van der Waals surface area contributed by atoms with Gasteiger partial charge in [-0.15, -0.1) is 12.4 Å². The van der Waals surface area contributed by atoms with Gasteiger partial charge in [0.15, 0.2) is 0 Å². The lowest BCUT2D eigenvalue weighted by molar-refractivity contribution is -0.143. The number of ether oxygens (including phenoxy) is 1. The van der Waals surface area contributed by atoms with Gasteiger partial charge in [-0.1, -0.05) is 13.8 Å². The Morgan fingerprint density at radius 3 is 2.44 bits per heavy atom. The highest BCUT2D eigenvalue weighted by molar-refractivity contribution is 5.85. The normalized spacial score (nSPS) is 11.6. The van der Waals surface area contributed by atoms with Crippen molar-refractivity contribution < 1.29 is 14.3 Å². The summed E-state index contributed by atoms with van der Waals surface area (Å²) in [7, 11) is 0. The summed E-state index contributed by atoms with van der Waals surface area (Å²) in [5, 5.41) is 2.71. The van der Waals surface area contributed by atoms with E-state index in [9.17, 15) is 9.59 Å². The predicted molar refractivity (Wildman–Crippen MR) is 73.6 cm³/mol. The van der Waals surface area contributed by atoms with E-state index in [1.165, 1.54) is 0 Å². The zero-order valence-corrected chi connectivity index (χ0v) is 12.2. The molecule has 0 spiro atoms. The number of hydrogen-bond acceptors (Lipinski definition) is 4. The van der Waals surface area contributed by atoms with Gasteiger partial charge in [0.2, 0.25) is 5.91 Å². The molecular formula is C12H25ClN2O3. The third kappa shape index (κ3) is 10.4. The van der Waals surface area contributed by atoms with Gasteiger partial charge in [-0.2, -0.15) is 0 Å². The monoisotopic (exact) mass is 280 g/mol. The van der Waals surface area contributed by atoms with E-state index < -0.39 is 6.04 Å². The Morgan fingerprint density at radius 1 is 1.33 bits per heavy atom. The van der Waals surface area contributed by atoms with Crippen LogP contribution in [0.15, 0.2) is 0 Å². The van der Waals surface area contributed by atoms with E-state index in [2.05, 4.69) is 5.32 Å². The maximum Gasteiger partial charge on any atom is 0.305 e. The highest BCUT2D eigenvalue weighted by atomic mass is 35.5. The molecule has 0 radical (unpaired) electrons. The molecule has 108 valence electrons. The summed E-state index contributed by atoms with van der Waals surface area (Å²) in [5.41, 5.74) is 5.70. The lowest BCUT2D eigenvalue weighted by atomic mass is 10.0. The molecule has 0 aromatic carbocycles. The molecule has 0 aromatic heterocycles. The second kappa shape index (κ2) is 11.3. The maximum atomic E-state index is 11.5. The number of amides is 1. The SMILES string of the molecule is CCOC(=O)CCCNC(=O)[C@@H](N)CC(C)C.Cl. The fourth-order valence-corrected chi connectivity index (χ4v) is 1.42. The van der Waals surface area contributed by atoms with Gasteiger partial charge >= 0.3 is 5.97 Å². The smallest absolute Gasteiger partial charge is 0.305 e. The van der Waals surface area contributed by atoms with Crippen LogP contribution in [0.5, 0.6) is 0 Å². The van der Waals surface area contributed by atoms with Gasteiger partial charge in [0.05, 0.1) is 12.6 Å². The Bertz CT molecular complexity index is 247. The van der Waals surface area contributed by atoms with Crippen LogP contribution >= 0.6 is 12.4 Å². The summed E-state index contributed by atoms with van der Waals surface area (Å²) >= 11 is 0. The molecule has 0 rings (SSSR count). The van der Waals surface area contributed by atoms with E-state index in [0.717, 1.165) is 0 Å². The summed E-state index contributed by atoms with van der Waals surface area (Å²) in [6.07, 6.45) is 1.58. The minimum absolute atomic E-state index is 0. The highest BCUT2D eigenvalue weighted by Gasteiger charge is 2.14. The number of carbonyl (C=O) groups excluding carboxylic acids is 2. The molecule has 18 heavy (non-hydrogen) atoms. The first kappa shape index (κ1) is 19.5. The van der Waals surface area contributed by atoms with Crippen molar-refractivity contribution in [1.29, 1.82) is 0 Å². The van der Waals surface area contributed by atoms with E-state index in [-0.39, 0.29) is 24.3 Å². The minimum atomic E-state index is -0.461. The number of halogens is 1. The Hall–Kier alpha value is -0.810. The molecule has 1 amide bonds. The molecule has 5 nitrogen and oxygen atoms in total. The van der Waals surface area contributed by atoms with Crippen molar-refractivity contribution >= 4 is 24.3 Å². The van der Waals surface area contributed by atoms with E-state index in [4.69, 9.17) is 10.5 Å². The Kier molecular flexibility index (Phi) is 12.2. The standard InChI is InChI=1S/C12H24N2O3.ClH/c1-4-17-11(15)6-5-7-14-12(16)10(13)8-9(2)3;/h9-10H,4-8,13H2,1-3H3,(H,14,16);1H/t10-;/m0./s1. The second-order valence-corrected chi connectivity index (χ2v) is 4.44. The Morgan fingerprint density at radius 2 is 1.94 bits per heavy atom. The molecular weight excluding hydrogens is 256 g/mol. The molecule has 0 heterocycles. The van der Waals surface area contributed by atoms with Crippen LogP contribution in [-0.4, -0.2) is 31.1 Å². The average molecular weight is 281 g/mol. The van der Waals surface area contributed by atoms with Gasteiger partial charge in [-0.05, 0) is 25.7 Å². The van der Waals surface area contributed by atoms with Crippen molar-refractivity contribution in [2.75, 3.05) is 13.2 Å². The first-order valence-corrected chi connectivity index (χ1v) is 6.16. The molecule has 3 N–H and O–H groups in total. The number of esters is 1. The summed E-state index contributed by atoms with van der Waals surface area (Å²) in [6.45, 7) is 6.67. The van der Waals surface area contributed by atoms with Crippen LogP contribution in [0.1, 0.15) is 40.0 Å². The third-order valence-corrected chi connectivity index (χ3v) is 2.22. The van der Waals surface area contributed by atoms with Gasteiger partial charge in [0.25, 0.3) is 0 Å². The van der Waals surface area contributed by atoms with Crippen molar-refractivity contribution in [3.63, 3.8) is 0 Å². The van der Waals surface area contributed by atoms with Crippen LogP contribution in [0.25, 0.3) is 0 Å². The zero-order chi connectivity index (χ0) is 13.3. The van der Waals surface area contributed by atoms with Crippen LogP contribution in [0.4, 0.5) is 0 Å². The number of nitrogens with one attached hydrogen (secondary N) is 1. The van der Waals surface area contributed by atoms with Gasteiger partial charge in [-0.3, -0.25) is 9.59 Å². The van der Waals surface area contributed by atoms with E-state index in [0.29, 0.717) is 38.3 Å². The van der Waals surface area contributed by atoms with Crippen molar-refractivity contribution in [3.05, 3.63) is 0 Å². The molecule has 0 aliphatic carbocycles. The average Bonchev–Trinajstić information content (AvgIpc) is 2.23. The summed E-state index contributed by atoms with van der Waals surface area (Å²) in [6, 6.07) is -0.461. The van der Waals surface area contributed by atoms with Crippen LogP contribution < -0.4 is 11.1 Å². The highest BCUT2D eigenvalue weighted by Crippen LogP contribution is 2.02. The van der Waals surface area contributed by atoms with Crippen LogP contribution in [0.3, 0.4) is 0 Å². The summed E-state index contributed by atoms with van der Waals surface area (Å²) in [4.78, 5) is 22.5. The molecule has 0 saturated carbocycles. The number of hydrogen-bond donors (Lipinski definition) is 2. The maximum absolute atomic E-state index is 11.5. The largest absolute Gasteiger partial charge is 0.466 e. The molecule has 0 bridgehead atoms. The van der Waals surface area contributed by atoms with Crippen molar-refractivity contribution in [2.45, 2.75) is 46.1 Å². The zero-order valence-electron chi connectivity index (χ0n) is 11.4. The molecule has 0 aliphatic rings. The molecule has 0 unspecified atom stereocenters. The molecule has 0 aromatic rings. The Labute approximate surface area is 115 Å². The summed E-state index contributed by atoms with van der Waals surface area (Å²) < 4.78 is 4.77. The van der Waals surface area contributed by atoms with E-state index >= 15 is 0 Å². The number of rotatable bonds is 8. The molecule has 0 saturated heterocycles. The molecule has 6 heteroatoms. The summed E-state index contributed by atoms with van der Waals surface area (Å²) in [5.74, 6) is 0.0195. The fourth-order valence-electron chi connectivity index (χ4n) is 1.42. The topological polar surface area (TPSA) is 81.4 Å².